The topological polar surface area (TPSA) is 21.3 Å². The van der Waals surface area contributed by atoms with Crippen molar-refractivity contribution in [1.82, 2.24) is 5.32 Å². The van der Waals surface area contributed by atoms with Crippen LogP contribution in [0.1, 0.15) is 41.9 Å². The standard InChI is InChI=1S/C26H30ClNO/c1-29-25-16-10-21(11-17-25)7-5-6-19-28-20-18-26(22-8-3-2-4-9-22)23-12-14-24(27)15-13-23/h2-4,8-17,26,28H,5-7,18-20H2,1H3. The third-order valence-corrected chi connectivity index (χ3v) is 5.56. The highest BCUT2D eigenvalue weighted by Crippen LogP contribution is 2.28. The molecule has 3 aromatic rings. The van der Waals surface area contributed by atoms with Crippen molar-refractivity contribution in [2.75, 3.05) is 20.2 Å². The minimum absolute atomic E-state index is 0.389. The summed E-state index contributed by atoms with van der Waals surface area (Å²) in [5.74, 6) is 1.31. The van der Waals surface area contributed by atoms with E-state index in [1.165, 1.54) is 29.5 Å². The molecule has 3 heteroatoms. The predicted octanol–water partition coefficient (Wildman–Crippen LogP) is 6.48. The van der Waals surface area contributed by atoms with Crippen molar-refractivity contribution >= 4 is 11.6 Å². The van der Waals surface area contributed by atoms with E-state index in [9.17, 15) is 0 Å². The number of methoxy groups -OCH3 is 1. The maximum Gasteiger partial charge on any atom is 0.118 e. The van der Waals surface area contributed by atoms with E-state index in [4.69, 9.17) is 16.3 Å². The second-order valence-corrected chi connectivity index (χ2v) is 7.80. The highest BCUT2D eigenvalue weighted by molar-refractivity contribution is 6.30. The van der Waals surface area contributed by atoms with Gasteiger partial charge in [0, 0.05) is 10.9 Å². The van der Waals surface area contributed by atoms with E-state index in [1.54, 1.807) is 7.11 Å². The van der Waals surface area contributed by atoms with Gasteiger partial charge in [-0.1, -0.05) is 66.2 Å². The van der Waals surface area contributed by atoms with Crippen molar-refractivity contribution in [3.8, 4) is 5.75 Å². The summed E-state index contributed by atoms with van der Waals surface area (Å²) in [6.45, 7) is 2.06. The molecule has 0 saturated heterocycles. The van der Waals surface area contributed by atoms with Crippen LogP contribution in [0.25, 0.3) is 0 Å². The summed E-state index contributed by atoms with van der Waals surface area (Å²) >= 11 is 6.08. The van der Waals surface area contributed by atoms with Gasteiger partial charge < -0.3 is 10.1 Å². The Kier molecular flexibility index (Phi) is 8.60. The first-order valence-corrected chi connectivity index (χ1v) is 10.8. The smallest absolute Gasteiger partial charge is 0.118 e. The van der Waals surface area contributed by atoms with Gasteiger partial charge in [-0.25, -0.2) is 0 Å². The fourth-order valence-electron chi connectivity index (χ4n) is 3.65. The zero-order valence-corrected chi connectivity index (χ0v) is 17.9. The van der Waals surface area contributed by atoms with E-state index in [0.29, 0.717) is 5.92 Å². The van der Waals surface area contributed by atoms with E-state index < -0.39 is 0 Å². The van der Waals surface area contributed by atoms with Crippen molar-refractivity contribution < 1.29 is 4.74 Å². The van der Waals surface area contributed by atoms with Crippen LogP contribution in [0.2, 0.25) is 5.02 Å². The van der Waals surface area contributed by atoms with Gasteiger partial charge in [0.15, 0.2) is 0 Å². The minimum Gasteiger partial charge on any atom is -0.497 e. The summed E-state index contributed by atoms with van der Waals surface area (Å²) in [6, 6.07) is 27.4. The highest BCUT2D eigenvalue weighted by atomic mass is 35.5. The van der Waals surface area contributed by atoms with Gasteiger partial charge in [-0.15, -0.1) is 0 Å². The number of ether oxygens (including phenoxy) is 1. The Morgan fingerprint density at radius 3 is 2.17 bits per heavy atom. The molecule has 29 heavy (non-hydrogen) atoms. The lowest BCUT2D eigenvalue weighted by molar-refractivity contribution is 0.414. The molecule has 1 N–H and O–H groups in total. The van der Waals surface area contributed by atoms with E-state index >= 15 is 0 Å². The van der Waals surface area contributed by atoms with Gasteiger partial charge >= 0.3 is 0 Å². The van der Waals surface area contributed by atoms with Crippen LogP contribution in [0.3, 0.4) is 0 Å². The molecule has 0 bridgehead atoms. The summed E-state index contributed by atoms with van der Waals surface area (Å²) in [7, 11) is 1.70. The Balaban J connectivity index is 1.42. The predicted molar refractivity (Wildman–Crippen MR) is 123 cm³/mol. The first-order valence-electron chi connectivity index (χ1n) is 10.4. The lowest BCUT2D eigenvalue weighted by Gasteiger charge is -2.18. The first kappa shape index (κ1) is 21.4. The number of aryl methyl sites for hydroxylation is 1. The molecule has 0 heterocycles. The van der Waals surface area contributed by atoms with Crippen LogP contribution in [-0.2, 0) is 6.42 Å². The van der Waals surface area contributed by atoms with Crippen molar-refractivity contribution in [1.29, 1.82) is 0 Å². The number of rotatable bonds is 11. The number of halogens is 1. The second kappa shape index (κ2) is 11.6. The van der Waals surface area contributed by atoms with Gasteiger partial charge in [-0.05, 0) is 79.7 Å². The zero-order chi connectivity index (χ0) is 20.3. The minimum atomic E-state index is 0.389. The molecule has 0 spiro atoms. The highest BCUT2D eigenvalue weighted by Gasteiger charge is 2.13. The molecule has 0 fully saturated rings. The normalized spacial score (nSPS) is 11.9. The largest absolute Gasteiger partial charge is 0.497 e. The van der Waals surface area contributed by atoms with E-state index in [2.05, 4.69) is 59.9 Å². The summed E-state index contributed by atoms with van der Waals surface area (Å²) in [5.41, 5.74) is 4.05. The van der Waals surface area contributed by atoms with Gasteiger partial charge in [0.2, 0.25) is 0 Å². The number of benzene rings is 3. The number of hydrogen-bond acceptors (Lipinski definition) is 2. The van der Waals surface area contributed by atoms with Crippen LogP contribution in [-0.4, -0.2) is 20.2 Å². The van der Waals surface area contributed by atoms with Gasteiger partial charge in [0.05, 0.1) is 7.11 Å². The van der Waals surface area contributed by atoms with E-state index in [0.717, 1.165) is 36.7 Å². The van der Waals surface area contributed by atoms with Crippen LogP contribution < -0.4 is 10.1 Å². The molecule has 0 amide bonds. The molecule has 1 atom stereocenters. The van der Waals surface area contributed by atoms with Gasteiger partial charge in [-0.3, -0.25) is 0 Å². The molecule has 2 nitrogen and oxygen atoms in total. The van der Waals surface area contributed by atoms with Crippen LogP contribution >= 0.6 is 11.6 Å². The van der Waals surface area contributed by atoms with Gasteiger partial charge in [-0.2, -0.15) is 0 Å². The fraction of sp³-hybridized carbons (Fsp3) is 0.308. The third kappa shape index (κ3) is 6.92. The molecule has 1 unspecified atom stereocenters. The Morgan fingerprint density at radius 1 is 0.793 bits per heavy atom. The van der Waals surface area contributed by atoms with E-state index in [1.807, 2.05) is 24.3 Å². The summed E-state index contributed by atoms with van der Waals surface area (Å²) in [5, 5.41) is 4.41. The molecule has 3 rings (SSSR count). The lowest BCUT2D eigenvalue weighted by Crippen LogP contribution is -2.19. The molecular weight excluding hydrogens is 378 g/mol. The first-order chi connectivity index (χ1) is 14.3. The summed E-state index contributed by atoms with van der Waals surface area (Å²) in [6.07, 6.45) is 4.56. The zero-order valence-electron chi connectivity index (χ0n) is 17.1. The van der Waals surface area contributed by atoms with Gasteiger partial charge in [0.25, 0.3) is 0 Å². The Morgan fingerprint density at radius 2 is 1.48 bits per heavy atom. The van der Waals surface area contributed by atoms with Crippen LogP contribution in [0.15, 0.2) is 78.9 Å². The molecular formula is C26H30ClNO. The molecule has 3 aromatic carbocycles. The molecule has 0 saturated carbocycles. The lowest BCUT2D eigenvalue weighted by atomic mass is 9.88. The third-order valence-electron chi connectivity index (χ3n) is 5.31. The van der Waals surface area contributed by atoms with Crippen LogP contribution in [0.4, 0.5) is 0 Å². The summed E-state index contributed by atoms with van der Waals surface area (Å²) < 4.78 is 5.21. The quantitative estimate of drug-likeness (QED) is 0.367. The maximum atomic E-state index is 6.08. The SMILES string of the molecule is COc1ccc(CCCCNCCC(c2ccccc2)c2ccc(Cl)cc2)cc1. The van der Waals surface area contributed by atoms with Gasteiger partial charge in [0.1, 0.15) is 5.75 Å². The van der Waals surface area contributed by atoms with Crippen molar-refractivity contribution in [3.63, 3.8) is 0 Å². The molecule has 0 radical (unpaired) electrons. The van der Waals surface area contributed by atoms with Crippen LogP contribution in [0, 0.1) is 0 Å². The molecule has 0 aliphatic heterocycles. The number of unbranched alkanes of at least 4 members (excludes halogenated alkanes) is 1. The molecule has 0 aliphatic rings. The Bertz CT molecular complexity index is 831. The number of hydrogen-bond donors (Lipinski definition) is 1. The fourth-order valence-corrected chi connectivity index (χ4v) is 3.77. The molecule has 0 aliphatic carbocycles. The van der Waals surface area contributed by atoms with Crippen molar-refractivity contribution in [2.45, 2.75) is 31.6 Å². The maximum absolute atomic E-state index is 6.08. The average Bonchev–Trinajstić information content (AvgIpc) is 2.77. The van der Waals surface area contributed by atoms with E-state index in [-0.39, 0.29) is 0 Å². The van der Waals surface area contributed by atoms with Crippen LogP contribution in [0.5, 0.6) is 5.75 Å². The second-order valence-electron chi connectivity index (χ2n) is 7.36. The summed E-state index contributed by atoms with van der Waals surface area (Å²) in [4.78, 5) is 0. The Labute approximate surface area is 179 Å². The average molecular weight is 408 g/mol. The monoisotopic (exact) mass is 407 g/mol. The van der Waals surface area contributed by atoms with Crippen molar-refractivity contribution in [2.24, 2.45) is 0 Å². The molecule has 152 valence electrons. The Hall–Kier alpha value is -2.29. The molecule has 0 aromatic heterocycles. The number of nitrogens with one attached hydrogen (secondary N) is 1. The van der Waals surface area contributed by atoms with Crippen molar-refractivity contribution in [3.05, 3.63) is 101 Å².